The van der Waals surface area contributed by atoms with E-state index in [1.165, 1.54) is 5.56 Å². The number of rotatable bonds is 3. The Morgan fingerprint density at radius 2 is 1.35 bits per heavy atom. The first-order valence-electron chi connectivity index (χ1n) is 6.97. The van der Waals surface area contributed by atoms with Crippen LogP contribution in [0.25, 0.3) is 0 Å². The highest BCUT2D eigenvalue weighted by molar-refractivity contribution is 5.44. The molecule has 0 aliphatic carbocycles. The van der Waals surface area contributed by atoms with Gasteiger partial charge in [-0.2, -0.15) is 0 Å². The second-order valence-electron chi connectivity index (χ2n) is 6.33. The predicted molar refractivity (Wildman–Crippen MR) is 78.0 cm³/mol. The van der Waals surface area contributed by atoms with E-state index in [9.17, 15) is 0 Å². The van der Waals surface area contributed by atoms with Crippen LogP contribution < -0.4 is 0 Å². The van der Waals surface area contributed by atoms with E-state index in [1.54, 1.807) is 16.7 Å². The summed E-state index contributed by atoms with van der Waals surface area (Å²) in [4.78, 5) is 0. The maximum Gasteiger partial charge on any atom is -0.0126 e. The van der Waals surface area contributed by atoms with Crippen LogP contribution in [-0.4, -0.2) is 0 Å². The van der Waals surface area contributed by atoms with E-state index < -0.39 is 0 Å². The highest BCUT2D eigenvalue weighted by atomic mass is 14.3. The predicted octanol–water partition coefficient (Wildman–Crippen LogP) is 5.23. The van der Waals surface area contributed by atoms with E-state index in [0.717, 1.165) is 12.8 Å². The van der Waals surface area contributed by atoms with Crippen molar-refractivity contribution in [2.45, 2.75) is 72.6 Å². The van der Waals surface area contributed by atoms with Crippen LogP contribution in [0, 0.1) is 0 Å². The van der Waals surface area contributed by atoms with Gasteiger partial charge in [-0.15, -0.1) is 0 Å². The Morgan fingerprint density at radius 3 is 1.59 bits per heavy atom. The van der Waals surface area contributed by atoms with Crippen LogP contribution >= 0.6 is 0 Å². The first kappa shape index (κ1) is 14.3. The first-order valence-corrected chi connectivity index (χ1v) is 6.97. The molecule has 0 saturated carbocycles. The standard InChI is InChI=1S/C17H28/c1-8-13-10-15(12(3)4)11-14(9-2)16(13)17(5,6)7/h10-12H,8-9H2,1-7H3. The van der Waals surface area contributed by atoms with E-state index in [4.69, 9.17) is 0 Å². The van der Waals surface area contributed by atoms with Crippen molar-refractivity contribution in [2.24, 2.45) is 0 Å². The second-order valence-corrected chi connectivity index (χ2v) is 6.33. The normalized spacial score (nSPS) is 12.2. The summed E-state index contributed by atoms with van der Waals surface area (Å²) >= 11 is 0. The second kappa shape index (κ2) is 5.25. The van der Waals surface area contributed by atoms with Crippen LogP contribution in [0.1, 0.15) is 76.6 Å². The van der Waals surface area contributed by atoms with E-state index in [0.29, 0.717) is 5.92 Å². The molecule has 1 rings (SSSR count). The third kappa shape index (κ3) is 3.12. The van der Waals surface area contributed by atoms with Crippen LogP contribution in [0.3, 0.4) is 0 Å². The summed E-state index contributed by atoms with van der Waals surface area (Å²) in [6.07, 6.45) is 2.28. The molecule has 17 heavy (non-hydrogen) atoms. The maximum atomic E-state index is 2.42. The minimum Gasteiger partial charge on any atom is -0.0613 e. The van der Waals surface area contributed by atoms with Crippen LogP contribution in [0.5, 0.6) is 0 Å². The average Bonchev–Trinajstić information content (AvgIpc) is 2.25. The lowest BCUT2D eigenvalue weighted by Gasteiger charge is -2.27. The molecule has 0 heterocycles. The Kier molecular flexibility index (Phi) is 4.41. The largest absolute Gasteiger partial charge is 0.0613 e. The van der Waals surface area contributed by atoms with Gasteiger partial charge in [-0.05, 0) is 46.4 Å². The molecule has 0 saturated heterocycles. The molecule has 1 aromatic rings. The molecular weight excluding hydrogens is 204 g/mol. The lowest BCUT2D eigenvalue weighted by molar-refractivity contribution is 0.575. The van der Waals surface area contributed by atoms with Gasteiger partial charge in [0.2, 0.25) is 0 Å². The molecule has 0 spiro atoms. The van der Waals surface area contributed by atoms with Gasteiger partial charge in [0.15, 0.2) is 0 Å². The Hall–Kier alpha value is -0.780. The van der Waals surface area contributed by atoms with E-state index in [-0.39, 0.29) is 5.41 Å². The summed E-state index contributed by atoms with van der Waals surface area (Å²) in [5.41, 5.74) is 6.41. The molecule has 0 radical (unpaired) electrons. The van der Waals surface area contributed by atoms with Crippen molar-refractivity contribution < 1.29 is 0 Å². The Bertz CT molecular complexity index is 353. The Balaban J connectivity index is 3.47. The van der Waals surface area contributed by atoms with Crippen molar-refractivity contribution in [1.82, 2.24) is 0 Å². The molecule has 0 N–H and O–H groups in total. The van der Waals surface area contributed by atoms with E-state index in [1.807, 2.05) is 0 Å². The van der Waals surface area contributed by atoms with Gasteiger partial charge in [-0.25, -0.2) is 0 Å². The molecule has 0 bridgehead atoms. The molecule has 96 valence electrons. The van der Waals surface area contributed by atoms with Gasteiger partial charge in [-0.1, -0.05) is 60.6 Å². The summed E-state index contributed by atoms with van der Waals surface area (Å²) in [5, 5.41) is 0. The summed E-state index contributed by atoms with van der Waals surface area (Å²) in [6.45, 7) is 16.1. The van der Waals surface area contributed by atoms with Crippen LogP contribution in [0.2, 0.25) is 0 Å². The van der Waals surface area contributed by atoms with Crippen LogP contribution in [0.4, 0.5) is 0 Å². The summed E-state index contributed by atoms with van der Waals surface area (Å²) in [7, 11) is 0. The highest BCUT2D eigenvalue weighted by Gasteiger charge is 2.21. The molecule has 0 aliphatic heterocycles. The van der Waals surface area contributed by atoms with Crippen molar-refractivity contribution in [3.8, 4) is 0 Å². The van der Waals surface area contributed by atoms with Crippen molar-refractivity contribution >= 4 is 0 Å². The minimum absolute atomic E-state index is 0.256. The Morgan fingerprint density at radius 1 is 0.941 bits per heavy atom. The molecule has 0 aliphatic rings. The monoisotopic (exact) mass is 232 g/mol. The van der Waals surface area contributed by atoms with Crippen molar-refractivity contribution in [3.05, 3.63) is 34.4 Å². The quantitative estimate of drug-likeness (QED) is 0.669. The minimum atomic E-state index is 0.256. The topological polar surface area (TPSA) is 0 Å². The third-order valence-corrected chi connectivity index (χ3v) is 3.50. The zero-order valence-corrected chi connectivity index (χ0v) is 12.6. The van der Waals surface area contributed by atoms with Gasteiger partial charge in [-0.3, -0.25) is 0 Å². The Labute approximate surface area is 107 Å². The van der Waals surface area contributed by atoms with E-state index >= 15 is 0 Å². The molecule has 1 aromatic carbocycles. The van der Waals surface area contributed by atoms with Crippen molar-refractivity contribution in [3.63, 3.8) is 0 Å². The lowest BCUT2D eigenvalue weighted by atomic mass is 9.77. The summed E-state index contributed by atoms with van der Waals surface area (Å²) in [6, 6.07) is 4.84. The average molecular weight is 232 g/mol. The van der Waals surface area contributed by atoms with Crippen molar-refractivity contribution in [2.75, 3.05) is 0 Å². The molecule has 0 unspecified atom stereocenters. The van der Waals surface area contributed by atoms with Crippen LogP contribution in [-0.2, 0) is 18.3 Å². The molecule has 0 aromatic heterocycles. The number of aryl methyl sites for hydroxylation is 2. The SMILES string of the molecule is CCc1cc(C(C)C)cc(CC)c1C(C)(C)C. The third-order valence-electron chi connectivity index (χ3n) is 3.50. The maximum absolute atomic E-state index is 2.42. The van der Waals surface area contributed by atoms with Gasteiger partial charge in [0.25, 0.3) is 0 Å². The molecule has 0 heteroatoms. The first-order chi connectivity index (χ1) is 7.81. The number of hydrogen-bond acceptors (Lipinski definition) is 0. The smallest absolute Gasteiger partial charge is 0.0126 e. The van der Waals surface area contributed by atoms with Gasteiger partial charge >= 0.3 is 0 Å². The van der Waals surface area contributed by atoms with Gasteiger partial charge in [0.1, 0.15) is 0 Å². The fourth-order valence-electron chi connectivity index (χ4n) is 2.65. The van der Waals surface area contributed by atoms with Gasteiger partial charge in [0.05, 0.1) is 0 Å². The molecule has 0 fully saturated rings. The summed E-state index contributed by atoms with van der Waals surface area (Å²) < 4.78 is 0. The molecule has 0 amide bonds. The van der Waals surface area contributed by atoms with Gasteiger partial charge < -0.3 is 0 Å². The highest BCUT2D eigenvalue weighted by Crippen LogP contribution is 2.33. The van der Waals surface area contributed by atoms with E-state index in [2.05, 4.69) is 60.6 Å². The van der Waals surface area contributed by atoms with Gasteiger partial charge in [0, 0.05) is 0 Å². The van der Waals surface area contributed by atoms with Crippen LogP contribution in [0.15, 0.2) is 12.1 Å². The lowest BCUT2D eigenvalue weighted by Crippen LogP contribution is -2.17. The zero-order chi connectivity index (χ0) is 13.2. The summed E-state index contributed by atoms with van der Waals surface area (Å²) in [5.74, 6) is 0.625. The number of hydrogen-bond donors (Lipinski definition) is 0. The number of benzene rings is 1. The molecule has 0 nitrogen and oxygen atoms in total. The fourth-order valence-corrected chi connectivity index (χ4v) is 2.65. The zero-order valence-electron chi connectivity index (χ0n) is 12.6. The fraction of sp³-hybridized carbons (Fsp3) is 0.647. The molecular formula is C17H28. The molecule has 0 atom stereocenters. The van der Waals surface area contributed by atoms with Crippen molar-refractivity contribution in [1.29, 1.82) is 0 Å².